The van der Waals surface area contributed by atoms with Crippen molar-refractivity contribution < 1.29 is 19.5 Å². The summed E-state index contributed by atoms with van der Waals surface area (Å²) in [6.07, 6.45) is 0.772. The van der Waals surface area contributed by atoms with Gasteiger partial charge in [-0.2, -0.15) is 4.98 Å². The number of aliphatic hydroxyl groups excluding tert-OH is 2. The van der Waals surface area contributed by atoms with Gasteiger partial charge in [0.05, 0.1) is 6.61 Å². The Bertz CT molecular complexity index is 939. The molecule has 154 valence electrons. The van der Waals surface area contributed by atoms with E-state index >= 15 is 0 Å². The van der Waals surface area contributed by atoms with Crippen LogP contribution >= 0.6 is 0 Å². The first-order chi connectivity index (χ1) is 13.9. The minimum absolute atomic E-state index is 0.0332. The van der Waals surface area contributed by atoms with E-state index in [1.807, 2.05) is 38.1 Å². The monoisotopic (exact) mass is 397 g/mol. The predicted molar refractivity (Wildman–Crippen MR) is 110 cm³/mol. The van der Waals surface area contributed by atoms with Crippen LogP contribution in [0.25, 0.3) is 22.8 Å². The second kappa shape index (κ2) is 9.15. The van der Waals surface area contributed by atoms with Gasteiger partial charge >= 0.3 is 0 Å². The van der Waals surface area contributed by atoms with Crippen LogP contribution in [0.2, 0.25) is 0 Å². The first-order valence-electron chi connectivity index (χ1n) is 9.82. The van der Waals surface area contributed by atoms with E-state index in [9.17, 15) is 5.11 Å². The van der Waals surface area contributed by atoms with E-state index < -0.39 is 6.10 Å². The highest BCUT2D eigenvalue weighted by Crippen LogP contribution is 2.30. The van der Waals surface area contributed by atoms with Crippen molar-refractivity contribution in [2.24, 2.45) is 0 Å². The SMILES string of the molecule is CCc1cc(-c2nc(-c3cc(C)c(OC[C@H](O)CO)c(C)c3)no2)cc(CC)n1. The van der Waals surface area contributed by atoms with Gasteiger partial charge < -0.3 is 19.5 Å². The Balaban J connectivity index is 1.89. The van der Waals surface area contributed by atoms with Crippen molar-refractivity contribution in [1.29, 1.82) is 0 Å². The van der Waals surface area contributed by atoms with E-state index in [2.05, 4.69) is 29.0 Å². The van der Waals surface area contributed by atoms with Crippen molar-refractivity contribution in [2.45, 2.75) is 46.6 Å². The van der Waals surface area contributed by atoms with Gasteiger partial charge in [0.2, 0.25) is 5.82 Å². The van der Waals surface area contributed by atoms with Gasteiger partial charge in [-0.3, -0.25) is 4.98 Å². The smallest absolute Gasteiger partial charge is 0.258 e. The summed E-state index contributed by atoms with van der Waals surface area (Å²) in [6, 6.07) is 7.81. The molecular weight excluding hydrogens is 370 g/mol. The van der Waals surface area contributed by atoms with Crippen LogP contribution in [0.4, 0.5) is 0 Å². The van der Waals surface area contributed by atoms with Crippen molar-refractivity contribution in [3.63, 3.8) is 0 Å². The fraction of sp³-hybridized carbons (Fsp3) is 0.409. The molecule has 0 fully saturated rings. The molecule has 0 amide bonds. The van der Waals surface area contributed by atoms with Crippen molar-refractivity contribution in [3.8, 4) is 28.6 Å². The molecule has 2 N–H and O–H groups in total. The molecule has 7 heteroatoms. The molecule has 0 aliphatic rings. The summed E-state index contributed by atoms with van der Waals surface area (Å²) >= 11 is 0. The lowest BCUT2D eigenvalue weighted by atomic mass is 10.1. The van der Waals surface area contributed by atoms with Crippen LogP contribution in [0, 0.1) is 13.8 Å². The average Bonchev–Trinajstić information content (AvgIpc) is 3.22. The zero-order valence-electron chi connectivity index (χ0n) is 17.3. The third kappa shape index (κ3) is 4.81. The zero-order valence-corrected chi connectivity index (χ0v) is 17.3. The van der Waals surface area contributed by atoms with Crippen molar-refractivity contribution >= 4 is 0 Å². The van der Waals surface area contributed by atoms with Crippen LogP contribution in [-0.2, 0) is 12.8 Å². The maximum absolute atomic E-state index is 9.51. The molecule has 3 aromatic rings. The van der Waals surface area contributed by atoms with Gasteiger partial charge in [-0.15, -0.1) is 0 Å². The number of benzene rings is 1. The Kier molecular flexibility index (Phi) is 6.61. The molecule has 1 atom stereocenters. The number of aliphatic hydroxyl groups is 2. The van der Waals surface area contributed by atoms with E-state index in [1.165, 1.54) is 0 Å². The lowest BCUT2D eigenvalue weighted by Crippen LogP contribution is -2.21. The van der Waals surface area contributed by atoms with Crippen LogP contribution in [0.3, 0.4) is 0 Å². The summed E-state index contributed by atoms with van der Waals surface area (Å²) in [6.45, 7) is 7.67. The summed E-state index contributed by atoms with van der Waals surface area (Å²) < 4.78 is 11.2. The molecule has 0 saturated carbocycles. The highest BCUT2D eigenvalue weighted by Gasteiger charge is 2.16. The van der Waals surface area contributed by atoms with Crippen LogP contribution in [0.5, 0.6) is 5.75 Å². The second-order valence-electron chi connectivity index (χ2n) is 7.06. The summed E-state index contributed by atoms with van der Waals surface area (Å²) in [5.41, 5.74) is 5.47. The maximum Gasteiger partial charge on any atom is 0.258 e. The number of rotatable bonds is 8. The molecule has 7 nitrogen and oxygen atoms in total. The lowest BCUT2D eigenvalue weighted by Gasteiger charge is -2.15. The minimum Gasteiger partial charge on any atom is -0.490 e. The number of nitrogens with zero attached hydrogens (tertiary/aromatic N) is 3. The van der Waals surface area contributed by atoms with E-state index in [1.54, 1.807) is 0 Å². The summed E-state index contributed by atoms with van der Waals surface area (Å²) in [7, 11) is 0. The molecule has 29 heavy (non-hydrogen) atoms. The minimum atomic E-state index is -0.908. The highest BCUT2D eigenvalue weighted by atomic mass is 16.5. The van der Waals surface area contributed by atoms with E-state index in [-0.39, 0.29) is 13.2 Å². The summed E-state index contributed by atoms with van der Waals surface area (Å²) in [4.78, 5) is 9.17. The van der Waals surface area contributed by atoms with Crippen LogP contribution in [0.15, 0.2) is 28.8 Å². The number of hydrogen-bond acceptors (Lipinski definition) is 7. The van der Waals surface area contributed by atoms with Gasteiger partial charge in [0, 0.05) is 22.5 Å². The molecule has 3 rings (SSSR count). The van der Waals surface area contributed by atoms with E-state index in [4.69, 9.17) is 14.4 Å². The molecule has 0 saturated heterocycles. The Morgan fingerprint density at radius 2 is 1.59 bits per heavy atom. The Labute approximate surface area is 170 Å². The number of pyridine rings is 1. The molecule has 0 spiro atoms. The fourth-order valence-corrected chi connectivity index (χ4v) is 3.13. The zero-order chi connectivity index (χ0) is 21.0. The first-order valence-corrected chi connectivity index (χ1v) is 9.82. The normalized spacial score (nSPS) is 12.2. The van der Waals surface area contributed by atoms with E-state index in [0.717, 1.165) is 46.5 Å². The molecule has 0 aliphatic carbocycles. The summed E-state index contributed by atoms with van der Waals surface area (Å²) in [5.74, 6) is 1.65. The maximum atomic E-state index is 9.51. The molecule has 1 aromatic carbocycles. The van der Waals surface area contributed by atoms with Crippen molar-refractivity contribution in [2.75, 3.05) is 13.2 Å². The van der Waals surface area contributed by atoms with Crippen LogP contribution in [0.1, 0.15) is 36.4 Å². The Morgan fingerprint density at radius 3 is 2.14 bits per heavy atom. The quantitative estimate of drug-likeness (QED) is 0.601. The fourth-order valence-electron chi connectivity index (χ4n) is 3.13. The highest BCUT2D eigenvalue weighted by molar-refractivity contribution is 5.64. The molecule has 2 heterocycles. The molecule has 0 unspecified atom stereocenters. The third-order valence-electron chi connectivity index (χ3n) is 4.68. The van der Waals surface area contributed by atoms with Gasteiger partial charge in [-0.25, -0.2) is 0 Å². The standard InChI is InChI=1S/C22H27N3O4/c1-5-17-9-16(10-18(6-2)23-17)22-24-21(25-29-22)15-7-13(3)20(14(4)8-15)28-12-19(27)11-26/h7-10,19,26-27H,5-6,11-12H2,1-4H3/t19-/m1/s1. The van der Waals surface area contributed by atoms with Gasteiger partial charge in [0.15, 0.2) is 0 Å². The largest absolute Gasteiger partial charge is 0.490 e. The third-order valence-corrected chi connectivity index (χ3v) is 4.68. The topological polar surface area (TPSA) is 102 Å². The summed E-state index contributed by atoms with van der Waals surface area (Å²) in [5, 5.41) is 22.6. The van der Waals surface area contributed by atoms with Gasteiger partial charge in [-0.1, -0.05) is 19.0 Å². The number of aryl methyl sites for hydroxylation is 4. The van der Waals surface area contributed by atoms with E-state index in [0.29, 0.717) is 17.5 Å². The van der Waals surface area contributed by atoms with Gasteiger partial charge in [0.1, 0.15) is 18.5 Å². The average molecular weight is 397 g/mol. The van der Waals surface area contributed by atoms with Crippen LogP contribution < -0.4 is 4.74 Å². The predicted octanol–water partition coefficient (Wildman–Crippen LogP) is 3.27. The number of aromatic nitrogens is 3. The number of hydrogen-bond donors (Lipinski definition) is 2. The van der Waals surface area contributed by atoms with Gasteiger partial charge in [0.25, 0.3) is 5.89 Å². The van der Waals surface area contributed by atoms with Crippen molar-refractivity contribution in [1.82, 2.24) is 15.1 Å². The lowest BCUT2D eigenvalue weighted by molar-refractivity contribution is 0.0532. The number of ether oxygens (including phenoxy) is 1. The molecule has 0 aliphatic heterocycles. The molecule has 0 bridgehead atoms. The second-order valence-corrected chi connectivity index (χ2v) is 7.06. The van der Waals surface area contributed by atoms with Crippen LogP contribution in [-0.4, -0.2) is 44.7 Å². The Hall–Kier alpha value is -2.77. The molecule has 0 radical (unpaired) electrons. The molecule has 2 aromatic heterocycles. The first kappa shape index (κ1) is 21.0. The van der Waals surface area contributed by atoms with Gasteiger partial charge in [-0.05, 0) is 62.1 Å². The Morgan fingerprint density at radius 1 is 0.966 bits per heavy atom. The van der Waals surface area contributed by atoms with Crippen molar-refractivity contribution in [3.05, 3.63) is 46.8 Å². The molecular formula is C22H27N3O4.